The molecule has 0 aromatic carbocycles. The lowest BCUT2D eigenvalue weighted by atomic mass is 9.70. The first kappa shape index (κ1) is 13.3. The van der Waals surface area contributed by atoms with E-state index in [0.717, 1.165) is 25.7 Å². The normalized spacial score (nSPS) is 28.9. The van der Waals surface area contributed by atoms with Gasteiger partial charge in [0.15, 0.2) is 0 Å². The van der Waals surface area contributed by atoms with E-state index < -0.39 is 0 Å². The van der Waals surface area contributed by atoms with Crippen LogP contribution in [0.2, 0.25) is 0 Å². The van der Waals surface area contributed by atoms with E-state index in [1.807, 2.05) is 0 Å². The summed E-state index contributed by atoms with van der Waals surface area (Å²) >= 11 is 0. The highest BCUT2D eigenvalue weighted by molar-refractivity contribution is 4.96. The second-order valence-electron chi connectivity index (χ2n) is 5.65. The topological polar surface area (TPSA) is 30.5 Å². The predicted molar refractivity (Wildman–Crippen MR) is 69.2 cm³/mol. The van der Waals surface area contributed by atoms with Gasteiger partial charge in [0, 0.05) is 19.8 Å². The highest BCUT2D eigenvalue weighted by Gasteiger charge is 2.44. The van der Waals surface area contributed by atoms with Crippen LogP contribution in [0.15, 0.2) is 0 Å². The van der Waals surface area contributed by atoms with Crippen molar-refractivity contribution in [1.82, 2.24) is 5.32 Å². The van der Waals surface area contributed by atoms with E-state index in [4.69, 9.17) is 9.47 Å². The summed E-state index contributed by atoms with van der Waals surface area (Å²) in [6, 6.07) is 0.515. The summed E-state index contributed by atoms with van der Waals surface area (Å²) in [5.41, 5.74) is 0.253. The molecular formula is C14H27NO2. The zero-order valence-corrected chi connectivity index (χ0v) is 11.3. The smallest absolute Gasteiger partial charge is 0.0685 e. The van der Waals surface area contributed by atoms with Gasteiger partial charge in [0.2, 0.25) is 0 Å². The average molecular weight is 241 g/mol. The lowest BCUT2D eigenvalue weighted by Gasteiger charge is -2.48. The first-order valence-electron chi connectivity index (χ1n) is 7.16. The molecule has 1 N–H and O–H groups in total. The van der Waals surface area contributed by atoms with Crippen LogP contribution in [0.5, 0.6) is 0 Å². The number of hydrogen-bond acceptors (Lipinski definition) is 3. The molecule has 1 aliphatic heterocycles. The third kappa shape index (κ3) is 3.21. The fourth-order valence-corrected chi connectivity index (χ4v) is 3.20. The highest BCUT2D eigenvalue weighted by Crippen LogP contribution is 2.44. The van der Waals surface area contributed by atoms with Crippen molar-refractivity contribution in [2.75, 3.05) is 26.9 Å². The third-order valence-corrected chi connectivity index (χ3v) is 4.37. The second kappa shape index (κ2) is 6.17. The summed E-state index contributed by atoms with van der Waals surface area (Å²) < 4.78 is 11.4. The molecule has 1 saturated carbocycles. The van der Waals surface area contributed by atoms with Gasteiger partial charge >= 0.3 is 0 Å². The van der Waals surface area contributed by atoms with Crippen LogP contribution in [0.4, 0.5) is 0 Å². The second-order valence-corrected chi connectivity index (χ2v) is 5.65. The number of methoxy groups -OCH3 is 1. The van der Waals surface area contributed by atoms with Crippen molar-refractivity contribution in [2.24, 2.45) is 5.92 Å². The van der Waals surface area contributed by atoms with Gasteiger partial charge < -0.3 is 14.8 Å². The molecule has 0 bridgehead atoms. The average Bonchev–Trinajstić information content (AvgIpc) is 2.33. The van der Waals surface area contributed by atoms with Crippen molar-refractivity contribution in [1.29, 1.82) is 0 Å². The van der Waals surface area contributed by atoms with Gasteiger partial charge in [0.25, 0.3) is 0 Å². The molecule has 1 saturated heterocycles. The Kier molecular flexibility index (Phi) is 4.83. The fourth-order valence-electron chi connectivity index (χ4n) is 3.20. The van der Waals surface area contributed by atoms with E-state index in [0.29, 0.717) is 6.04 Å². The lowest BCUT2D eigenvalue weighted by Crippen LogP contribution is -2.51. The zero-order valence-electron chi connectivity index (χ0n) is 11.3. The molecule has 100 valence electrons. The van der Waals surface area contributed by atoms with E-state index in [-0.39, 0.29) is 5.60 Å². The van der Waals surface area contributed by atoms with Crippen molar-refractivity contribution in [3.8, 4) is 0 Å². The highest BCUT2D eigenvalue weighted by atomic mass is 16.5. The van der Waals surface area contributed by atoms with E-state index in [1.165, 1.54) is 38.5 Å². The van der Waals surface area contributed by atoms with E-state index in [9.17, 15) is 0 Å². The first-order chi connectivity index (χ1) is 8.29. The largest absolute Gasteiger partial charge is 0.383 e. The SMILES string of the molecule is CCCNC(COC)C1CCOC2(CCC2)C1. The van der Waals surface area contributed by atoms with Gasteiger partial charge in [0.05, 0.1) is 12.2 Å². The Hall–Kier alpha value is -0.120. The minimum atomic E-state index is 0.253. The van der Waals surface area contributed by atoms with Gasteiger partial charge in [-0.3, -0.25) is 0 Å². The van der Waals surface area contributed by atoms with Crippen LogP contribution in [0.1, 0.15) is 45.4 Å². The molecule has 1 heterocycles. The Bertz CT molecular complexity index is 228. The molecule has 0 aromatic rings. The van der Waals surface area contributed by atoms with Crippen molar-refractivity contribution in [3.05, 3.63) is 0 Å². The van der Waals surface area contributed by atoms with Crippen LogP contribution in [0, 0.1) is 5.92 Å². The van der Waals surface area contributed by atoms with Crippen LogP contribution < -0.4 is 5.32 Å². The zero-order chi connectivity index (χ0) is 12.1. The number of nitrogens with one attached hydrogen (secondary N) is 1. The van der Waals surface area contributed by atoms with Gasteiger partial charge in [-0.2, -0.15) is 0 Å². The molecule has 0 aromatic heterocycles. The predicted octanol–water partition coefficient (Wildman–Crippen LogP) is 2.35. The summed E-state index contributed by atoms with van der Waals surface area (Å²) in [6.07, 6.45) is 7.51. The number of hydrogen-bond donors (Lipinski definition) is 1. The van der Waals surface area contributed by atoms with E-state index in [2.05, 4.69) is 12.2 Å². The van der Waals surface area contributed by atoms with Crippen LogP contribution in [0.3, 0.4) is 0 Å². The number of ether oxygens (including phenoxy) is 2. The monoisotopic (exact) mass is 241 g/mol. The van der Waals surface area contributed by atoms with Gasteiger partial charge in [-0.1, -0.05) is 6.92 Å². The van der Waals surface area contributed by atoms with E-state index in [1.54, 1.807) is 7.11 Å². The fraction of sp³-hybridized carbons (Fsp3) is 1.00. The van der Waals surface area contributed by atoms with Gasteiger partial charge in [-0.05, 0) is 51.0 Å². The standard InChI is InChI=1S/C14H27NO2/c1-3-8-15-13(11-16-2)12-5-9-17-14(10-12)6-4-7-14/h12-13,15H,3-11H2,1-2H3. The van der Waals surface area contributed by atoms with Gasteiger partial charge in [-0.25, -0.2) is 0 Å². The summed E-state index contributed by atoms with van der Waals surface area (Å²) in [4.78, 5) is 0. The third-order valence-electron chi connectivity index (χ3n) is 4.37. The van der Waals surface area contributed by atoms with Crippen molar-refractivity contribution in [3.63, 3.8) is 0 Å². The molecule has 2 fully saturated rings. The van der Waals surface area contributed by atoms with Crippen LogP contribution in [-0.2, 0) is 9.47 Å². The molecule has 2 unspecified atom stereocenters. The minimum absolute atomic E-state index is 0.253. The molecule has 3 nitrogen and oxygen atoms in total. The van der Waals surface area contributed by atoms with E-state index >= 15 is 0 Å². The van der Waals surface area contributed by atoms with Gasteiger partial charge in [-0.15, -0.1) is 0 Å². The summed E-state index contributed by atoms with van der Waals surface area (Å²) in [5, 5.41) is 3.65. The van der Waals surface area contributed by atoms with Crippen molar-refractivity contribution in [2.45, 2.75) is 57.1 Å². The van der Waals surface area contributed by atoms with Crippen LogP contribution in [0.25, 0.3) is 0 Å². The molecule has 1 aliphatic carbocycles. The molecule has 2 rings (SSSR count). The summed E-state index contributed by atoms with van der Waals surface area (Å²) in [6.45, 7) is 5.09. The van der Waals surface area contributed by atoms with Gasteiger partial charge in [0.1, 0.15) is 0 Å². The maximum atomic E-state index is 6.00. The van der Waals surface area contributed by atoms with Crippen LogP contribution >= 0.6 is 0 Å². The molecular weight excluding hydrogens is 214 g/mol. The quantitative estimate of drug-likeness (QED) is 0.774. The van der Waals surface area contributed by atoms with Crippen LogP contribution in [-0.4, -0.2) is 38.5 Å². The summed E-state index contributed by atoms with van der Waals surface area (Å²) in [7, 11) is 1.80. The molecule has 0 radical (unpaired) electrons. The van der Waals surface area contributed by atoms with Crippen molar-refractivity contribution < 1.29 is 9.47 Å². The molecule has 0 amide bonds. The molecule has 2 aliphatic rings. The summed E-state index contributed by atoms with van der Waals surface area (Å²) in [5.74, 6) is 0.732. The Labute approximate surface area is 105 Å². The molecule has 17 heavy (non-hydrogen) atoms. The Balaban J connectivity index is 1.87. The number of rotatable bonds is 6. The minimum Gasteiger partial charge on any atom is -0.383 e. The molecule has 2 atom stereocenters. The molecule has 1 spiro atoms. The lowest BCUT2D eigenvalue weighted by molar-refractivity contribution is -0.148. The Morgan fingerprint density at radius 1 is 1.47 bits per heavy atom. The first-order valence-corrected chi connectivity index (χ1v) is 7.16. The maximum Gasteiger partial charge on any atom is 0.0685 e. The van der Waals surface area contributed by atoms with Crippen molar-refractivity contribution >= 4 is 0 Å². The Morgan fingerprint density at radius 3 is 2.88 bits per heavy atom. The molecule has 3 heteroatoms. The Morgan fingerprint density at radius 2 is 2.29 bits per heavy atom. The maximum absolute atomic E-state index is 6.00.